The van der Waals surface area contributed by atoms with Crippen molar-refractivity contribution in [2.24, 2.45) is 0 Å². The molecule has 0 aliphatic heterocycles. The number of carbonyl (C=O) groups is 1. The van der Waals surface area contributed by atoms with Crippen LogP contribution in [0.1, 0.15) is 34.0 Å². The van der Waals surface area contributed by atoms with Gasteiger partial charge in [0.25, 0.3) is 5.91 Å². The van der Waals surface area contributed by atoms with Gasteiger partial charge in [-0.1, -0.05) is 85.1 Å². The zero-order valence-corrected chi connectivity index (χ0v) is 23.1. The second kappa shape index (κ2) is 14.7. The van der Waals surface area contributed by atoms with Gasteiger partial charge < -0.3 is 10.2 Å². The lowest BCUT2D eigenvalue weighted by Gasteiger charge is -2.23. The van der Waals surface area contributed by atoms with Gasteiger partial charge in [-0.25, -0.2) is 0 Å². The molecule has 0 aromatic heterocycles. The van der Waals surface area contributed by atoms with Gasteiger partial charge >= 0.3 is 0 Å². The Bertz CT molecular complexity index is 1340. The highest BCUT2D eigenvalue weighted by atomic mass is 32.2. The standard InChI is InChI=1S/C32H32N2OS.C2H4/c1-4-34(28-15-9-6-10-16-28)22-21-33-32(35)27-19-20-30(24(2)23-27)36-31-18-12-11-17-29(31)25(3)26-13-7-5-8-14-26;1-2/h5-20,23H,3-4,21-22H2,1-2H3,(H,33,35);1-2H2. The van der Waals surface area contributed by atoms with Crippen LogP contribution in [0.2, 0.25) is 0 Å². The van der Waals surface area contributed by atoms with E-state index < -0.39 is 0 Å². The summed E-state index contributed by atoms with van der Waals surface area (Å²) in [5.74, 6) is -0.0448. The van der Waals surface area contributed by atoms with Crippen molar-refractivity contribution in [2.75, 3.05) is 24.5 Å². The number of amides is 1. The van der Waals surface area contributed by atoms with Crippen molar-refractivity contribution in [1.29, 1.82) is 0 Å². The summed E-state index contributed by atoms with van der Waals surface area (Å²) < 4.78 is 0. The largest absolute Gasteiger partial charge is 0.370 e. The average Bonchev–Trinajstić information content (AvgIpc) is 2.98. The molecule has 0 aliphatic rings. The Hall–Kier alpha value is -4.02. The number of hydrogen-bond acceptors (Lipinski definition) is 3. The van der Waals surface area contributed by atoms with Gasteiger partial charge in [-0.05, 0) is 72.5 Å². The van der Waals surface area contributed by atoms with Crippen LogP contribution < -0.4 is 10.2 Å². The molecule has 0 saturated carbocycles. The first-order valence-electron chi connectivity index (χ1n) is 12.8. The van der Waals surface area contributed by atoms with Gasteiger partial charge in [-0.3, -0.25) is 4.79 Å². The lowest BCUT2D eigenvalue weighted by molar-refractivity contribution is 0.0954. The molecule has 4 aromatic carbocycles. The Morgan fingerprint density at radius 3 is 2.11 bits per heavy atom. The van der Waals surface area contributed by atoms with Crippen LogP contribution in [0.3, 0.4) is 0 Å². The van der Waals surface area contributed by atoms with E-state index in [0.29, 0.717) is 12.1 Å². The summed E-state index contributed by atoms with van der Waals surface area (Å²) in [5, 5.41) is 3.07. The second-order valence-electron chi connectivity index (χ2n) is 8.59. The molecular formula is C34H36N2OS. The summed E-state index contributed by atoms with van der Waals surface area (Å²) in [6.45, 7) is 16.8. The van der Waals surface area contributed by atoms with Gasteiger partial charge in [0, 0.05) is 40.7 Å². The lowest BCUT2D eigenvalue weighted by atomic mass is 10.00. The number of nitrogens with zero attached hydrogens (tertiary/aromatic N) is 1. The van der Waals surface area contributed by atoms with Crippen molar-refractivity contribution in [3.63, 3.8) is 0 Å². The molecule has 194 valence electrons. The van der Waals surface area contributed by atoms with E-state index in [1.54, 1.807) is 11.8 Å². The summed E-state index contributed by atoms with van der Waals surface area (Å²) >= 11 is 1.71. The molecule has 1 N–H and O–H groups in total. The van der Waals surface area contributed by atoms with Gasteiger partial charge in [-0.2, -0.15) is 0 Å². The zero-order chi connectivity index (χ0) is 27.3. The van der Waals surface area contributed by atoms with Crippen LogP contribution in [0.25, 0.3) is 5.57 Å². The van der Waals surface area contributed by atoms with E-state index in [1.807, 2.05) is 60.7 Å². The molecule has 3 nitrogen and oxygen atoms in total. The van der Waals surface area contributed by atoms with Crippen molar-refractivity contribution in [3.8, 4) is 0 Å². The van der Waals surface area contributed by atoms with Crippen molar-refractivity contribution >= 4 is 28.9 Å². The number of anilines is 1. The maximum atomic E-state index is 12.8. The smallest absolute Gasteiger partial charge is 0.251 e. The molecule has 0 fully saturated rings. The highest BCUT2D eigenvalue weighted by Crippen LogP contribution is 2.37. The van der Waals surface area contributed by atoms with Gasteiger partial charge in [0.1, 0.15) is 0 Å². The fourth-order valence-electron chi connectivity index (χ4n) is 4.14. The van der Waals surface area contributed by atoms with Crippen LogP contribution in [-0.2, 0) is 0 Å². The SMILES string of the molecule is C=C.C=C(c1ccccc1)c1ccccc1Sc1ccc(C(=O)NCCN(CC)c2ccccc2)cc1C. The van der Waals surface area contributed by atoms with Gasteiger partial charge in [0.05, 0.1) is 0 Å². The Balaban J connectivity index is 0.00000195. The fraction of sp³-hybridized carbons (Fsp3) is 0.147. The van der Waals surface area contributed by atoms with Crippen LogP contribution >= 0.6 is 11.8 Å². The predicted molar refractivity (Wildman–Crippen MR) is 164 cm³/mol. The number of aryl methyl sites for hydroxylation is 1. The summed E-state index contributed by atoms with van der Waals surface area (Å²) in [4.78, 5) is 17.4. The number of likely N-dealkylation sites (N-methyl/N-ethyl adjacent to an activating group) is 1. The third-order valence-electron chi connectivity index (χ3n) is 6.16. The van der Waals surface area contributed by atoms with E-state index in [-0.39, 0.29) is 5.91 Å². The van der Waals surface area contributed by atoms with Crippen molar-refractivity contribution < 1.29 is 4.79 Å². The van der Waals surface area contributed by atoms with Crippen molar-refractivity contribution in [1.82, 2.24) is 5.32 Å². The molecule has 0 bridgehead atoms. The first-order valence-corrected chi connectivity index (χ1v) is 13.6. The highest BCUT2D eigenvalue weighted by molar-refractivity contribution is 7.99. The first-order chi connectivity index (χ1) is 18.6. The Labute approximate surface area is 231 Å². The van der Waals surface area contributed by atoms with Crippen LogP contribution in [0, 0.1) is 6.92 Å². The number of nitrogens with one attached hydrogen (secondary N) is 1. The van der Waals surface area contributed by atoms with E-state index in [9.17, 15) is 4.79 Å². The molecule has 4 rings (SSSR count). The second-order valence-corrected chi connectivity index (χ2v) is 9.68. The Morgan fingerprint density at radius 1 is 0.816 bits per heavy atom. The zero-order valence-electron chi connectivity index (χ0n) is 22.3. The minimum atomic E-state index is -0.0448. The summed E-state index contributed by atoms with van der Waals surface area (Å²) in [6, 6.07) is 34.8. The number of carbonyl (C=O) groups excluding carboxylic acids is 1. The predicted octanol–water partition coefficient (Wildman–Crippen LogP) is 8.27. The molecule has 0 heterocycles. The molecule has 0 spiro atoms. The molecule has 1 amide bonds. The van der Waals surface area contributed by atoms with Crippen molar-refractivity contribution in [3.05, 3.63) is 145 Å². The molecule has 4 aromatic rings. The molecule has 38 heavy (non-hydrogen) atoms. The molecule has 0 radical (unpaired) electrons. The first kappa shape index (κ1) is 28.5. The van der Waals surface area contributed by atoms with E-state index in [1.165, 1.54) is 5.69 Å². The van der Waals surface area contributed by atoms with Crippen LogP contribution in [0.15, 0.2) is 133 Å². The highest BCUT2D eigenvalue weighted by Gasteiger charge is 2.13. The van der Waals surface area contributed by atoms with Gasteiger partial charge in [-0.15, -0.1) is 13.2 Å². The topological polar surface area (TPSA) is 32.3 Å². The van der Waals surface area contributed by atoms with Gasteiger partial charge in [0.2, 0.25) is 0 Å². The molecule has 0 unspecified atom stereocenters. The lowest BCUT2D eigenvalue weighted by Crippen LogP contribution is -2.35. The fourth-order valence-corrected chi connectivity index (χ4v) is 5.18. The van der Waals surface area contributed by atoms with E-state index in [0.717, 1.165) is 45.1 Å². The number of rotatable bonds is 10. The van der Waals surface area contributed by atoms with Crippen LogP contribution in [0.5, 0.6) is 0 Å². The normalized spacial score (nSPS) is 10.2. The van der Waals surface area contributed by atoms with E-state index in [2.05, 4.69) is 86.3 Å². The third kappa shape index (κ3) is 7.50. The molecule has 4 heteroatoms. The molecule has 0 saturated heterocycles. The minimum Gasteiger partial charge on any atom is -0.370 e. The number of benzene rings is 4. The minimum absolute atomic E-state index is 0.0448. The van der Waals surface area contributed by atoms with E-state index >= 15 is 0 Å². The summed E-state index contributed by atoms with van der Waals surface area (Å²) in [6.07, 6.45) is 0. The number of hydrogen-bond donors (Lipinski definition) is 1. The van der Waals surface area contributed by atoms with Gasteiger partial charge in [0.15, 0.2) is 0 Å². The Kier molecular flexibility index (Phi) is 11.0. The maximum Gasteiger partial charge on any atom is 0.251 e. The summed E-state index contributed by atoms with van der Waals surface area (Å²) in [7, 11) is 0. The molecular weight excluding hydrogens is 484 g/mol. The Morgan fingerprint density at radius 2 is 1.45 bits per heavy atom. The molecule has 0 atom stereocenters. The summed E-state index contributed by atoms with van der Waals surface area (Å²) in [5.41, 5.74) is 6.16. The maximum absolute atomic E-state index is 12.8. The monoisotopic (exact) mass is 520 g/mol. The number of para-hydroxylation sites is 1. The quantitative estimate of drug-likeness (QED) is 0.214. The van der Waals surface area contributed by atoms with Crippen LogP contribution in [-0.4, -0.2) is 25.5 Å². The van der Waals surface area contributed by atoms with Crippen molar-refractivity contribution in [2.45, 2.75) is 23.6 Å². The van der Waals surface area contributed by atoms with Crippen LogP contribution in [0.4, 0.5) is 5.69 Å². The van der Waals surface area contributed by atoms with E-state index in [4.69, 9.17) is 0 Å². The third-order valence-corrected chi connectivity index (χ3v) is 7.42. The average molecular weight is 521 g/mol. The molecule has 0 aliphatic carbocycles.